The molecule has 1 aliphatic rings. The van der Waals surface area contributed by atoms with E-state index >= 15 is 0 Å². The van der Waals surface area contributed by atoms with Crippen molar-refractivity contribution in [2.24, 2.45) is 0 Å². The predicted octanol–water partition coefficient (Wildman–Crippen LogP) is 2.32. The fourth-order valence-corrected chi connectivity index (χ4v) is 2.92. The summed E-state index contributed by atoms with van der Waals surface area (Å²) in [5.41, 5.74) is 0.973. The highest BCUT2D eigenvalue weighted by molar-refractivity contribution is 6.31. The topological polar surface area (TPSA) is 113 Å². The van der Waals surface area contributed by atoms with Crippen LogP contribution in [0.2, 0.25) is 0 Å². The molecule has 1 saturated heterocycles. The largest absolute Gasteiger partial charge is 0.372 e. The molecule has 0 bridgehead atoms. The first-order valence-corrected chi connectivity index (χ1v) is 8.66. The number of imide groups is 2. The number of nitrogens with zero attached hydrogens (tertiary/aromatic N) is 3. The van der Waals surface area contributed by atoms with Crippen molar-refractivity contribution in [3.8, 4) is 0 Å². The molecule has 9 heteroatoms. The number of amides is 4. The maximum atomic E-state index is 12.8. The second-order valence-electron chi connectivity index (χ2n) is 6.59. The summed E-state index contributed by atoms with van der Waals surface area (Å²) in [5.74, 6) is -1.61. The van der Waals surface area contributed by atoms with E-state index in [2.05, 4.69) is 5.32 Å². The van der Waals surface area contributed by atoms with Crippen molar-refractivity contribution in [3.05, 3.63) is 75.3 Å². The summed E-state index contributed by atoms with van der Waals surface area (Å²) < 4.78 is 0. The van der Waals surface area contributed by atoms with Crippen molar-refractivity contribution >= 4 is 35.3 Å². The molecule has 4 amide bonds. The molecule has 29 heavy (non-hydrogen) atoms. The number of hydrogen-bond donors (Lipinski definition) is 1. The summed E-state index contributed by atoms with van der Waals surface area (Å²) in [5, 5.41) is 13.5. The van der Waals surface area contributed by atoms with Crippen molar-refractivity contribution < 1.29 is 19.3 Å². The van der Waals surface area contributed by atoms with E-state index in [0.29, 0.717) is 11.3 Å². The smallest absolute Gasteiger partial charge is 0.331 e. The van der Waals surface area contributed by atoms with Gasteiger partial charge in [0, 0.05) is 20.2 Å². The van der Waals surface area contributed by atoms with Gasteiger partial charge in [-0.15, -0.1) is 0 Å². The third-order valence-corrected chi connectivity index (χ3v) is 4.36. The first-order valence-electron chi connectivity index (χ1n) is 8.66. The highest BCUT2D eigenvalue weighted by Gasteiger charge is 2.35. The number of nitrogens with one attached hydrogen (secondary N) is 1. The number of anilines is 1. The number of hydrogen-bond acceptors (Lipinski definition) is 6. The highest BCUT2D eigenvalue weighted by Crippen LogP contribution is 2.29. The Morgan fingerprint density at radius 2 is 1.79 bits per heavy atom. The molecule has 0 saturated carbocycles. The van der Waals surface area contributed by atoms with Crippen molar-refractivity contribution in [2.45, 2.75) is 6.54 Å². The van der Waals surface area contributed by atoms with Crippen LogP contribution in [0.4, 0.5) is 16.2 Å². The normalized spacial score (nSPS) is 15.4. The highest BCUT2D eigenvalue weighted by atomic mass is 16.6. The van der Waals surface area contributed by atoms with Crippen LogP contribution < -0.4 is 10.2 Å². The van der Waals surface area contributed by atoms with Gasteiger partial charge in [-0.2, -0.15) is 0 Å². The van der Waals surface area contributed by atoms with Gasteiger partial charge in [-0.25, -0.2) is 4.79 Å². The third-order valence-electron chi connectivity index (χ3n) is 4.36. The van der Waals surface area contributed by atoms with Crippen LogP contribution in [0.1, 0.15) is 11.1 Å². The first-order chi connectivity index (χ1) is 13.8. The molecule has 1 aliphatic heterocycles. The quantitative estimate of drug-likeness (QED) is 0.360. The van der Waals surface area contributed by atoms with Gasteiger partial charge < -0.3 is 4.90 Å². The van der Waals surface area contributed by atoms with Crippen LogP contribution >= 0.6 is 0 Å². The summed E-state index contributed by atoms with van der Waals surface area (Å²) in [6.07, 6.45) is 1.24. The van der Waals surface area contributed by atoms with Crippen molar-refractivity contribution in [3.63, 3.8) is 0 Å². The molecule has 3 rings (SSSR count). The summed E-state index contributed by atoms with van der Waals surface area (Å²) in [4.78, 5) is 50.5. The minimum absolute atomic E-state index is 0.00413. The molecule has 148 valence electrons. The molecule has 0 radical (unpaired) electrons. The third kappa shape index (κ3) is 4.13. The van der Waals surface area contributed by atoms with E-state index in [1.165, 1.54) is 18.2 Å². The maximum Gasteiger partial charge on any atom is 0.331 e. The van der Waals surface area contributed by atoms with Crippen molar-refractivity contribution in [1.29, 1.82) is 0 Å². The van der Waals surface area contributed by atoms with Crippen LogP contribution in [0.5, 0.6) is 0 Å². The molecule has 2 aromatic carbocycles. The molecule has 1 heterocycles. The van der Waals surface area contributed by atoms with Gasteiger partial charge in [0.05, 0.1) is 11.5 Å². The number of carbonyl (C=O) groups is 3. The van der Waals surface area contributed by atoms with Crippen molar-refractivity contribution in [2.75, 3.05) is 19.0 Å². The molecule has 1 fully saturated rings. The minimum atomic E-state index is -0.844. The lowest BCUT2D eigenvalue weighted by Gasteiger charge is -2.26. The Kier molecular flexibility index (Phi) is 5.40. The van der Waals surface area contributed by atoms with E-state index < -0.39 is 22.8 Å². The molecule has 0 spiro atoms. The summed E-state index contributed by atoms with van der Waals surface area (Å²) in [6, 6.07) is 12.4. The molecule has 1 N–H and O–H groups in total. The molecule has 9 nitrogen and oxygen atoms in total. The lowest BCUT2D eigenvalue weighted by atomic mass is 10.1. The monoisotopic (exact) mass is 394 g/mol. The molecule has 0 aromatic heterocycles. The van der Waals surface area contributed by atoms with E-state index in [1.54, 1.807) is 55.4 Å². The van der Waals surface area contributed by atoms with Gasteiger partial charge in [-0.05, 0) is 23.3 Å². The van der Waals surface area contributed by atoms with Crippen LogP contribution in [0, 0.1) is 10.1 Å². The second-order valence-corrected chi connectivity index (χ2v) is 6.59. The maximum absolute atomic E-state index is 12.8. The number of nitro benzene ring substituents is 1. The Hall–Kier alpha value is -4.01. The molecule has 0 unspecified atom stereocenters. The summed E-state index contributed by atoms with van der Waals surface area (Å²) in [6.45, 7) is -0.00413. The van der Waals surface area contributed by atoms with Gasteiger partial charge in [0.1, 0.15) is 11.3 Å². The van der Waals surface area contributed by atoms with Crippen LogP contribution in [-0.2, 0) is 16.1 Å². The Labute approximate surface area is 166 Å². The van der Waals surface area contributed by atoms with Crippen molar-refractivity contribution in [1.82, 2.24) is 10.2 Å². The average molecular weight is 394 g/mol. The first kappa shape index (κ1) is 19.7. The van der Waals surface area contributed by atoms with E-state index in [-0.39, 0.29) is 17.8 Å². The Morgan fingerprint density at radius 1 is 1.10 bits per heavy atom. The van der Waals surface area contributed by atoms with E-state index in [1.807, 2.05) is 0 Å². The van der Waals surface area contributed by atoms with Gasteiger partial charge in [0.25, 0.3) is 17.5 Å². The van der Waals surface area contributed by atoms with E-state index in [9.17, 15) is 24.5 Å². The molecule has 0 atom stereocenters. The van der Waals surface area contributed by atoms with Gasteiger partial charge in [-0.3, -0.25) is 29.9 Å². The van der Waals surface area contributed by atoms with Gasteiger partial charge in [-0.1, -0.05) is 36.4 Å². The SMILES string of the molecule is CN(C)c1ccc(/C=C2\C(=O)NC(=O)N(Cc3ccccc3)C2=O)cc1[N+](=O)[O-]. The zero-order valence-electron chi connectivity index (χ0n) is 15.8. The zero-order valence-corrected chi connectivity index (χ0v) is 15.8. The standard InChI is InChI=1S/C20H18N4O5/c1-22(2)16-9-8-14(11-17(16)24(28)29)10-15-18(25)21-20(27)23(19(15)26)12-13-6-4-3-5-7-13/h3-11H,12H2,1-2H3,(H,21,25,27)/b15-10+. The van der Waals surface area contributed by atoms with Gasteiger partial charge >= 0.3 is 6.03 Å². The van der Waals surface area contributed by atoms with Crippen LogP contribution in [0.15, 0.2) is 54.1 Å². The number of barbiturate groups is 1. The van der Waals surface area contributed by atoms with Crippen LogP contribution in [0.3, 0.4) is 0 Å². The molecular formula is C20H18N4O5. The minimum Gasteiger partial charge on any atom is -0.372 e. The van der Waals surface area contributed by atoms with E-state index in [4.69, 9.17) is 0 Å². The van der Waals surface area contributed by atoms with Gasteiger partial charge in [0.2, 0.25) is 0 Å². The Morgan fingerprint density at radius 3 is 2.41 bits per heavy atom. The average Bonchev–Trinajstić information content (AvgIpc) is 2.69. The Balaban J connectivity index is 1.96. The van der Waals surface area contributed by atoms with Crippen LogP contribution in [0.25, 0.3) is 6.08 Å². The lowest BCUT2D eigenvalue weighted by molar-refractivity contribution is -0.384. The number of nitro groups is 1. The summed E-state index contributed by atoms with van der Waals surface area (Å²) >= 11 is 0. The number of benzene rings is 2. The molecule has 0 aliphatic carbocycles. The fourth-order valence-electron chi connectivity index (χ4n) is 2.92. The van der Waals surface area contributed by atoms with Crippen LogP contribution in [-0.4, -0.2) is 41.8 Å². The zero-order chi connectivity index (χ0) is 21.1. The molecular weight excluding hydrogens is 376 g/mol. The Bertz CT molecular complexity index is 1030. The van der Waals surface area contributed by atoms with Gasteiger partial charge in [0.15, 0.2) is 0 Å². The lowest BCUT2D eigenvalue weighted by Crippen LogP contribution is -2.53. The second kappa shape index (κ2) is 7.93. The summed E-state index contributed by atoms with van der Waals surface area (Å²) in [7, 11) is 3.34. The van der Waals surface area contributed by atoms with E-state index in [0.717, 1.165) is 10.5 Å². The number of urea groups is 1. The number of carbonyl (C=O) groups excluding carboxylic acids is 3. The number of rotatable bonds is 5. The fraction of sp³-hybridized carbons (Fsp3) is 0.150. The molecule has 2 aromatic rings. The predicted molar refractivity (Wildman–Crippen MR) is 106 cm³/mol.